The van der Waals surface area contributed by atoms with Crippen molar-refractivity contribution in [1.82, 2.24) is 5.32 Å². The first kappa shape index (κ1) is 14.8. The standard InChI is InChI=1S/C14H20ClNO2S/c1-19(17,18)14-6-2-5-13(15)12(14)10-16-9-3-4-11-7-8-11/h2,5-6,11,16H,3-4,7-10H2,1H3. The van der Waals surface area contributed by atoms with Crippen molar-refractivity contribution < 1.29 is 8.42 Å². The fourth-order valence-electron chi connectivity index (χ4n) is 2.19. The third-order valence-electron chi connectivity index (χ3n) is 3.44. The molecule has 5 heteroatoms. The van der Waals surface area contributed by atoms with Crippen LogP contribution < -0.4 is 5.32 Å². The molecule has 1 aromatic carbocycles. The van der Waals surface area contributed by atoms with Crippen LogP contribution in [-0.4, -0.2) is 21.2 Å². The molecule has 1 aliphatic rings. The number of hydrogen-bond donors (Lipinski definition) is 1. The summed E-state index contributed by atoms with van der Waals surface area (Å²) in [6.07, 6.45) is 6.39. The molecule has 0 saturated heterocycles. The summed E-state index contributed by atoms with van der Waals surface area (Å²) in [6.45, 7) is 1.41. The van der Waals surface area contributed by atoms with Gasteiger partial charge in [-0.15, -0.1) is 0 Å². The van der Waals surface area contributed by atoms with Gasteiger partial charge in [-0.25, -0.2) is 8.42 Å². The first-order valence-corrected chi connectivity index (χ1v) is 8.93. The second kappa shape index (κ2) is 6.25. The predicted molar refractivity (Wildman–Crippen MR) is 78.2 cm³/mol. The zero-order valence-corrected chi connectivity index (χ0v) is 12.7. The molecule has 0 aliphatic heterocycles. The maximum absolute atomic E-state index is 11.7. The topological polar surface area (TPSA) is 46.2 Å². The average Bonchev–Trinajstić information content (AvgIpc) is 3.13. The maximum atomic E-state index is 11.7. The van der Waals surface area contributed by atoms with Gasteiger partial charge in [0.25, 0.3) is 0 Å². The van der Waals surface area contributed by atoms with Crippen LogP contribution >= 0.6 is 11.6 Å². The Morgan fingerprint density at radius 2 is 2.11 bits per heavy atom. The van der Waals surface area contributed by atoms with Crippen LogP contribution in [-0.2, 0) is 16.4 Å². The highest BCUT2D eigenvalue weighted by atomic mass is 35.5. The molecule has 0 bridgehead atoms. The van der Waals surface area contributed by atoms with Gasteiger partial charge in [-0.2, -0.15) is 0 Å². The minimum atomic E-state index is -3.23. The summed E-state index contributed by atoms with van der Waals surface area (Å²) in [5.41, 5.74) is 0.679. The lowest BCUT2D eigenvalue weighted by molar-refractivity contribution is 0.584. The van der Waals surface area contributed by atoms with Gasteiger partial charge in [0.15, 0.2) is 9.84 Å². The van der Waals surface area contributed by atoms with Gasteiger partial charge in [-0.1, -0.05) is 30.5 Å². The quantitative estimate of drug-likeness (QED) is 0.788. The van der Waals surface area contributed by atoms with Crippen LogP contribution in [0.5, 0.6) is 0 Å². The summed E-state index contributed by atoms with van der Waals surface area (Å²) in [7, 11) is -3.23. The van der Waals surface area contributed by atoms with Crippen LogP contribution in [0.25, 0.3) is 0 Å². The number of benzene rings is 1. The molecule has 3 nitrogen and oxygen atoms in total. The summed E-state index contributed by atoms with van der Waals surface area (Å²) >= 11 is 6.10. The average molecular weight is 302 g/mol. The molecule has 0 spiro atoms. The highest BCUT2D eigenvalue weighted by Gasteiger charge is 2.20. The molecule has 1 fully saturated rings. The van der Waals surface area contributed by atoms with E-state index in [-0.39, 0.29) is 0 Å². The van der Waals surface area contributed by atoms with Crippen LogP contribution in [0.2, 0.25) is 5.02 Å². The van der Waals surface area contributed by atoms with E-state index in [4.69, 9.17) is 11.6 Å². The largest absolute Gasteiger partial charge is 0.313 e. The summed E-state index contributed by atoms with van der Waals surface area (Å²) in [6, 6.07) is 5.02. The zero-order chi connectivity index (χ0) is 13.9. The first-order chi connectivity index (χ1) is 8.98. The smallest absolute Gasteiger partial charge is 0.175 e. The number of sulfone groups is 1. The van der Waals surface area contributed by atoms with E-state index in [1.165, 1.54) is 25.5 Å². The second-order valence-electron chi connectivity index (χ2n) is 5.25. The van der Waals surface area contributed by atoms with Crippen molar-refractivity contribution in [3.8, 4) is 0 Å². The highest BCUT2D eigenvalue weighted by molar-refractivity contribution is 7.90. The number of nitrogens with one attached hydrogen (secondary N) is 1. The molecule has 0 amide bonds. The van der Waals surface area contributed by atoms with Gasteiger partial charge >= 0.3 is 0 Å². The Balaban J connectivity index is 1.94. The van der Waals surface area contributed by atoms with E-state index in [1.807, 2.05) is 0 Å². The molecule has 0 aromatic heterocycles. The van der Waals surface area contributed by atoms with E-state index < -0.39 is 9.84 Å². The van der Waals surface area contributed by atoms with Crippen molar-refractivity contribution >= 4 is 21.4 Å². The third kappa shape index (κ3) is 4.48. The Morgan fingerprint density at radius 3 is 2.74 bits per heavy atom. The third-order valence-corrected chi connectivity index (χ3v) is 4.98. The van der Waals surface area contributed by atoms with Crippen molar-refractivity contribution in [2.24, 2.45) is 5.92 Å². The minimum absolute atomic E-state index is 0.328. The van der Waals surface area contributed by atoms with E-state index in [1.54, 1.807) is 18.2 Å². The Kier molecular flexibility index (Phi) is 4.87. The molecular weight excluding hydrogens is 282 g/mol. The van der Waals surface area contributed by atoms with E-state index in [2.05, 4.69) is 5.32 Å². The van der Waals surface area contributed by atoms with Gasteiger partial charge in [-0.3, -0.25) is 0 Å². The van der Waals surface area contributed by atoms with Crippen LogP contribution in [0.3, 0.4) is 0 Å². The molecule has 0 atom stereocenters. The van der Waals surface area contributed by atoms with E-state index in [0.717, 1.165) is 18.9 Å². The molecule has 1 saturated carbocycles. The fourth-order valence-corrected chi connectivity index (χ4v) is 3.45. The highest BCUT2D eigenvalue weighted by Crippen LogP contribution is 2.33. The van der Waals surface area contributed by atoms with Crippen molar-refractivity contribution in [1.29, 1.82) is 0 Å². The molecule has 19 heavy (non-hydrogen) atoms. The number of rotatable bonds is 7. The van der Waals surface area contributed by atoms with Crippen molar-refractivity contribution in [2.45, 2.75) is 37.1 Å². The van der Waals surface area contributed by atoms with E-state index >= 15 is 0 Å². The van der Waals surface area contributed by atoms with Crippen LogP contribution in [0.15, 0.2) is 23.1 Å². The minimum Gasteiger partial charge on any atom is -0.313 e. The first-order valence-electron chi connectivity index (χ1n) is 6.66. The Morgan fingerprint density at radius 1 is 1.37 bits per heavy atom. The lowest BCUT2D eigenvalue weighted by atomic mass is 10.2. The molecular formula is C14H20ClNO2S. The molecule has 2 rings (SSSR count). The normalized spacial score (nSPS) is 15.7. The summed E-state index contributed by atoms with van der Waals surface area (Å²) < 4.78 is 23.4. The van der Waals surface area contributed by atoms with Gasteiger partial charge in [0.1, 0.15) is 0 Å². The molecule has 0 radical (unpaired) electrons. The lowest BCUT2D eigenvalue weighted by Gasteiger charge is -2.11. The van der Waals surface area contributed by atoms with E-state index in [0.29, 0.717) is 22.0 Å². The van der Waals surface area contributed by atoms with Crippen molar-refractivity contribution in [3.63, 3.8) is 0 Å². The Labute approximate surface area is 120 Å². The molecule has 1 aromatic rings. The van der Waals surface area contributed by atoms with Crippen molar-refractivity contribution in [3.05, 3.63) is 28.8 Å². The van der Waals surface area contributed by atoms with Gasteiger partial charge in [0, 0.05) is 23.4 Å². The summed E-state index contributed by atoms with van der Waals surface area (Å²) in [4.78, 5) is 0.328. The van der Waals surface area contributed by atoms with Gasteiger partial charge < -0.3 is 5.32 Å². The van der Waals surface area contributed by atoms with Crippen LogP contribution in [0.1, 0.15) is 31.2 Å². The molecule has 1 N–H and O–H groups in total. The second-order valence-corrected chi connectivity index (χ2v) is 7.64. The van der Waals surface area contributed by atoms with Gasteiger partial charge in [0.05, 0.1) is 4.90 Å². The molecule has 1 aliphatic carbocycles. The van der Waals surface area contributed by atoms with Gasteiger partial charge in [0.2, 0.25) is 0 Å². The predicted octanol–water partition coefficient (Wildman–Crippen LogP) is 3.02. The Bertz CT molecular complexity index is 538. The monoisotopic (exact) mass is 301 g/mol. The lowest BCUT2D eigenvalue weighted by Crippen LogP contribution is -2.17. The number of halogens is 1. The fraction of sp³-hybridized carbons (Fsp3) is 0.571. The molecule has 0 unspecified atom stereocenters. The van der Waals surface area contributed by atoms with E-state index in [9.17, 15) is 8.42 Å². The van der Waals surface area contributed by atoms with Crippen LogP contribution in [0, 0.1) is 5.92 Å². The maximum Gasteiger partial charge on any atom is 0.175 e. The number of hydrogen-bond acceptors (Lipinski definition) is 3. The van der Waals surface area contributed by atoms with Crippen LogP contribution in [0.4, 0.5) is 0 Å². The summed E-state index contributed by atoms with van der Waals surface area (Å²) in [5.74, 6) is 0.939. The Hall–Kier alpha value is -0.580. The summed E-state index contributed by atoms with van der Waals surface area (Å²) in [5, 5.41) is 3.80. The molecule has 0 heterocycles. The molecule has 106 valence electrons. The zero-order valence-electron chi connectivity index (χ0n) is 11.2. The van der Waals surface area contributed by atoms with Gasteiger partial charge in [-0.05, 0) is 37.4 Å². The SMILES string of the molecule is CS(=O)(=O)c1cccc(Cl)c1CNCCCC1CC1. The van der Waals surface area contributed by atoms with Crippen molar-refractivity contribution in [2.75, 3.05) is 12.8 Å².